The highest BCUT2D eigenvalue weighted by Crippen LogP contribution is 2.29. The molecule has 0 unspecified atom stereocenters. The lowest BCUT2D eigenvalue weighted by Gasteiger charge is -2.23. The summed E-state index contributed by atoms with van der Waals surface area (Å²) in [6.45, 7) is 1.51. The second kappa shape index (κ2) is 7.39. The standard InChI is InChI=1S/C14H16N4O4S.ClH/c19-18(20)12-3-4-13(14-11(12)2-1-7-16-14)23(21,22)17-10-5-8-15-9-6-10;/h1-4,7,10,15,17H,5-6,8-9H2;1H. The summed E-state index contributed by atoms with van der Waals surface area (Å²) in [6, 6.07) is 5.36. The highest BCUT2D eigenvalue weighted by molar-refractivity contribution is 7.89. The van der Waals surface area contributed by atoms with Crippen molar-refractivity contribution in [2.45, 2.75) is 23.8 Å². The summed E-state index contributed by atoms with van der Waals surface area (Å²) < 4.78 is 28.0. The second-order valence-corrected chi connectivity index (χ2v) is 7.07. The van der Waals surface area contributed by atoms with Gasteiger partial charge >= 0.3 is 0 Å². The van der Waals surface area contributed by atoms with Crippen LogP contribution in [-0.2, 0) is 10.0 Å². The lowest BCUT2D eigenvalue weighted by Crippen LogP contribution is -2.42. The van der Waals surface area contributed by atoms with Gasteiger partial charge in [-0.15, -0.1) is 12.4 Å². The molecule has 1 aliphatic rings. The first kappa shape index (κ1) is 18.5. The largest absolute Gasteiger partial charge is 0.317 e. The van der Waals surface area contributed by atoms with Crippen LogP contribution < -0.4 is 10.0 Å². The Bertz CT molecular complexity index is 853. The van der Waals surface area contributed by atoms with Crippen molar-refractivity contribution in [2.24, 2.45) is 0 Å². The van der Waals surface area contributed by atoms with Gasteiger partial charge in [-0.3, -0.25) is 15.1 Å². The van der Waals surface area contributed by atoms with E-state index in [-0.39, 0.29) is 39.9 Å². The summed E-state index contributed by atoms with van der Waals surface area (Å²) in [7, 11) is -3.79. The van der Waals surface area contributed by atoms with Crippen molar-refractivity contribution >= 4 is 39.0 Å². The van der Waals surface area contributed by atoms with E-state index in [1.54, 1.807) is 6.07 Å². The van der Waals surface area contributed by atoms with Crippen molar-refractivity contribution in [3.05, 3.63) is 40.6 Å². The molecule has 130 valence electrons. The minimum Gasteiger partial charge on any atom is -0.317 e. The maximum atomic E-state index is 12.7. The van der Waals surface area contributed by atoms with E-state index < -0.39 is 14.9 Å². The maximum absolute atomic E-state index is 12.7. The number of piperidine rings is 1. The molecule has 8 nitrogen and oxygen atoms in total. The molecule has 3 rings (SSSR count). The topological polar surface area (TPSA) is 114 Å². The quantitative estimate of drug-likeness (QED) is 0.622. The molecule has 0 radical (unpaired) electrons. The van der Waals surface area contributed by atoms with Gasteiger partial charge in [0.2, 0.25) is 10.0 Å². The molecule has 1 saturated heterocycles. The number of hydrogen-bond acceptors (Lipinski definition) is 6. The fourth-order valence-electron chi connectivity index (χ4n) is 2.73. The van der Waals surface area contributed by atoms with Crippen molar-refractivity contribution in [3.63, 3.8) is 0 Å². The van der Waals surface area contributed by atoms with Crippen LogP contribution in [0.15, 0.2) is 35.4 Å². The number of benzene rings is 1. The molecule has 0 amide bonds. The summed E-state index contributed by atoms with van der Waals surface area (Å²) in [4.78, 5) is 14.6. The van der Waals surface area contributed by atoms with Crippen LogP contribution in [0.2, 0.25) is 0 Å². The molecule has 0 spiro atoms. The number of rotatable bonds is 4. The fraction of sp³-hybridized carbons (Fsp3) is 0.357. The van der Waals surface area contributed by atoms with Gasteiger partial charge < -0.3 is 5.32 Å². The van der Waals surface area contributed by atoms with Crippen molar-refractivity contribution in [1.82, 2.24) is 15.0 Å². The molecule has 1 aromatic heterocycles. The molecule has 1 aromatic carbocycles. The smallest absolute Gasteiger partial charge is 0.278 e. The van der Waals surface area contributed by atoms with E-state index in [2.05, 4.69) is 15.0 Å². The summed E-state index contributed by atoms with van der Waals surface area (Å²) >= 11 is 0. The molecule has 0 aliphatic carbocycles. The highest BCUT2D eigenvalue weighted by Gasteiger charge is 2.26. The zero-order valence-electron chi connectivity index (χ0n) is 12.6. The van der Waals surface area contributed by atoms with Gasteiger partial charge in [-0.1, -0.05) is 0 Å². The first-order valence-electron chi connectivity index (χ1n) is 7.24. The summed E-state index contributed by atoms with van der Waals surface area (Å²) in [5, 5.41) is 14.5. The Hall–Kier alpha value is -1.81. The van der Waals surface area contributed by atoms with Gasteiger partial charge in [-0.2, -0.15) is 0 Å². The number of fused-ring (bicyclic) bond motifs is 1. The Morgan fingerprint density at radius 1 is 1.25 bits per heavy atom. The normalized spacial score (nSPS) is 15.8. The van der Waals surface area contributed by atoms with Crippen molar-refractivity contribution in [3.8, 4) is 0 Å². The number of halogens is 1. The molecule has 2 N–H and O–H groups in total. The Kier molecular flexibility index (Phi) is 5.70. The predicted octanol–water partition coefficient (Wildman–Crippen LogP) is 1.60. The third-order valence-electron chi connectivity index (χ3n) is 3.86. The molecule has 24 heavy (non-hydrogen) atoms. The van der Waals surface area contributed by atoms with Crippen LogP contribution in [0, 0.1) is 10.1 Å². The summed E-state index contributed by atoms with van der Waals surface area (Å²) in [5.41, 5.74) is -0.0444. The van der Waals surface area contributed by atoms with Gasteiger partial charge in [0.15, 0.2) is 0 Å². The molecule has 0 saturated carbocycles. The number of pyridine rings is 1. The van der Waals surface area contributed by atoms with E-state index in [9.17, 15) is 18.5 Å². The van der Waals surface area contributed by atoms with Gasteiger partial charge in [0.05, 0.1) is 15.8 Å². The van der Waals surface area contributed by atoms with Gasteiger partial charge in [0.1, 0.15) is 4.90 Å². The molecule has 1 fully saturated rings. The predicted molar refractivity (Wildman–Crippen MR) is 91.9 cm³/mol. The van der Waals surface area contributed by atoms with Crippen LogP contribution >= 0.6 is 12.4 Å². The minimum atomic E-state index is -3.79. The molecule has 2 aromatic rings. The minimum absolute atomic E-state index is 0. The molecular weight excluding hydrogens is 356 g/mol. The van der Waals surface area contributed by atoms with E-state index in [1.807, 2.05) is 0 Å². The number of nitrogens with zero attached hydrogens (tertiary/aromatic N) is 2. The van der Waals surface area contributed by atoms with Crippen LogP contribution in [0.4, 0.5) is 5.69 Å². The van der Waals surface area contributed by atoms with Crippen LogP contribution in [-0.4, -0.2) is 37.5 Å². The van der Waals surface area contributed by atoms with Crippen LogP contribution in [0.5, 0.6) is 0 Å². The van der Waals surface area contributed by atoms with E-state index in [0.29, 0.717) is 12.8 Å². The first-order valence-corrected chi connectivity index (χ1v) is 8.72. The van der Waals surface area contributed by atoms with Crippen LogP contribution in [0.25, 0.3) is 10.9 Å². The molecular formula is C14H17ClN4O4S. The van der Waals surface area contributed by atoms with Gasteiger partial charge in [0, 0.05) is 18.3 Å². The highest BCUT2D eigenvalue weighted by atomic mass is 35.5. The SMILES string of the molecule is Cl.O=[N+]([O-])c1ccc(S(=O)(=O)NC2CCNCC2)c2ncccc12. The van der Waals surface area contributed by atoms with Gasteiger partial charge in [-0.25, -0.2) is 13.1 Å². The number of hydrogen-bond donors (Lipinski definition) is 2. The zero-order chi connectivity index (χ0) is 16.4. The number of nitro groups is 1. The summed E-state index contributed by atoms with van der Waals surface area (Å²) in [6.07, 6.45) is 2.84. The Balaban J connectivity index is 0.00000208. The molecule has 0 atom stereocenters. The number of sulfonamides is 1. The third kappa shape index (κ3) is 3.64. The Labute approximate surface area is 145 Å². The lowest BCUT2D eigenvalue weighted by atomic mass is 10.1. The number of aromatic nitrogens is 1. The van der Waals surface area contributed by atoms with Crippen molar-refractivity contribution < 1.29 is 13.3 Å². The molecule has 10 heteroatoms. The van der Waals surface area contributed by atoms with E-state index in [1.165, 1.54) is 24.4 Å². The number of non-ortho nitro benzene ring substituents is 1. The van der Waals surface area contributed by atoms with Crippen LogP contribution in [0.1, 0.15) is 12.8 Å². The van der Waals surface area contributed by atoms with E-state index in [0.717, 1.165) is 13.1 Å². The Morgan fingerprint density at radius 2 is 1.96 bits per heavy atom. The second-order valence-electron chi connectivity index (χ2n) is 5.39. The number of nitrogens with one attached hydrogen (secondary N) is 2. The zero-order valence-corrected chi connectivity index (χ0v) is 14.3. The average Bonchev–Trinajstić information content (AvgIpc) is 2.54. The molecule has 2 heterocycles. The maximum Gasteiger partial charge on any atom is 0.278 e. The van der Waals surface area contributed by atoms with Gasteiger partial charge in [0.25, 0.3) is 5.69 Å². The van der Waals surface area contributed by atoms with E-state index >= 15 is 0 Å². The monoisotopic (exact) mass is 372 g/mol. The van der Waals surface area contributed by atoms with Crippen molar-refractivity contribution in [2.75, 3.05) is 13.1 Å². The van der Waals surface area contributed by atoms with E-state index in [4.69, 9.17) is 0 Å². The van der Waals surface area contributed by atoms with Crippen molar-refractivity contribution in [1.29, 1.82) is 0 Å². The first-order chi connectivity index (χ1) is 11.0. The average molecular weight is 373 g/mol. The lowest BCUT2D eigenvalue weighted by molar-refractivity contribution is -0.383. The summed E-state index contributed by atoms with van der Waals surface area (Å²) in [5.74, 6) is 0. The molecule has 0 bridgehead atoms. The molecule has 1 aliphatic heterocycles. The Morgan fingerprint density at radius 3 is 2.62 bits per heavy atom. The van der Waals surface area contributed by atoms with Crippen LogP contribution in [0.3, 0.4) is 0 Å². The fourth-order valence-corrected chi connectivity index (χ4v) is 4.20. The van der Waals surface area contributed by atoms with Gasteiger partial charge in [-0.05, 0) is 44.1 Å². The number of nitro benzene ring substituents is 1. The third-order valence-corrected chi connectivity index (χ3v) is 5.41.